The fraction of sp³-hybridized carbons (Fsp3) is 0.625. The molecular formula is C8H13NO3. The lowest BCUT2D eigenvalue weighted by molar-refractivity contribution is -0.155. The van der Waals surface area contributed by atoms with E-state index in [1.165, 1.54) is 0 Å². The average molecular weight is 171 g/mol. The fourth-order valence-corrected chi connectivity index (χ4v) is 1.20. The molecule has 1 rings (SSSR count). The first-order valence-corrected chi connectivity index (χ1v) is 3.91. The highest BCUT2D eigenvalue weighted by molar-refractivity contribution is 5.72. The van der Waals surface area contributed by atoms with E-state index in [4.69, 9.17) is 9.84 Å². The van der Waals surface area contributed by atoms with E-state index >= 15 is 0 Å². The molecule has 0 aliphatic carbocycles. The molecule has 1 N–H and O–H groups in total. The van der Waals surface area contributed by atoms with Crippen LogP contribution >= 0.6 is 0 Å². The van der Waals surface area contributed by atoms with Crippen LogP contribution in [0.5, 0.6) is 0 Å². The predicted molar refractivity (Wildman–Crippen MR) is 44.0 cm³/mol. The van der Waals surface area contributed by atoms with Crippen LogP contribution in [0.1, 0.15) is 0 Å². The molecule has 1 atom stereocenters. The van der Waals surface area contributed by atoms with E-state index in [9.17, 15) is 4.79 Å². The molecular weight excluding hydrogens is 158 g/mol. The SMILES string of the molecule is C=CCN1CCO[C@@H](C(=O)O)C1. The lowest BCUT2D eigenvalue weighted by Crippen LogP contribution is -2.45. The van der Waals surface area contributed by atoms with E-state index < -0.39 is 12.1 Å². The number of hydrogen-bond donors (Lipinski definition) is 1. The molecule has 0 bridgehead atoms. The molecule has 0 aromatic rings. The Bertz CT molecular complexity index is 181. The molecule has 1 aliphatic heterocycles. The molecule has 68 valence electrons. The molecule has 12 heavy (non-hydrogen) atoms. The molecule has 1 aliphatic rings. The van der Waals surface area contributed by atoms with Crippen LogP contribution in [-0.2, 0) is 9.53 Å². The number of ether oxygens (including phenoxy) is 1. The molecule has 0 spiro atoms. The molecule has 0 amide bonds. The molecule has 4 nitrogen and oxygen atoms in total. The number of carboxylic acid groups (broad SMARTS) is 1. The fourth-order valence-electron chi connectivity index (χ4n) is 1.20. The van der Waals surface area contributed by atoms with Crippen LogP contribution in [0.3, 0.4) is 0 Å². The predicted octanol–water partition coefficient (Wildman–Crippen LogP) is -0.0422. The molecule has 1 saturated heterocycles. The summed E-state index contributed by atoms with van der Waals surface area (Å²) in [5, 5.41) is 8.65. The van der Waals surface area contributed by atoms with Crippen molar-refractivity contribution < 1.29 is 14.6 Å². The smallest absolute Gasteiger partial charge is 0.334 e. The quantitative estimate of drug-likeness (QED) is 0.605. The first-order chi connectivity index (χ1) is 5.74. The number of hydrogen-bond acceptors (Lipinski definition) is 3. The summed E-state index contributed by atoms with van der Waals surface area (Å²) < 4.78 is 5.04. The van der Waals surface area contributed by atoms with E-state index in [1.807, 2.05) is 4.90 Å². The Hall–Kier alpha value is -0.870. The van der Waals surface area contributed by atoms with E-state index in [1.54, 1.807) is 6.08 Å². The maximum Gasteiger partial charge on any atom is 0.334 e. The Morgan fingerprint density at radius 3 is 3.17 bits per heavy atom. The lowest BCUT2D eigenvalue weighted by atomic mass is 10.3. The summed E-state index contributed by atoms with van der Waals surface area (Å²) in [4.78, 5) is 12.5. The maximum absolute atomic E-state index is 10.5. The number of nitrogens with zero attached hydrogens (tertiary/aromatic N) is 1. The van der Waals surface area contributed by atoms with Crippen molar-refractivity contribution in [3.8, 4) is 0 Å². The Kier molecular flexibility index (Phi) is 3.25. The summed E-state index contributed by atoms with van der Waals surface area (Å²) in [7, 11) is 0. The normalized spacial score (nSPS) is 25.2. The molecule has 1 heterocycles. The molecule has 0 unspecified atom stereocenters. The van der Waals surface area contributed by atoms with Crippen molar-refractivity contribution in [1.29, 1.82) is 0 Å². The van der Waals surface area contributed by atoms with Gasteiger partial charge in [0, 0.05) is 19.6 Å². The molecule has 4 heteroatoms. The van der Waals surface area contributed by atoms with Crippen molar-refractivity contribution in [3.05, 3.63) is 12.7 Å². The third-order valence-electron chi connectivity index (χ3n) is 1.81. The second-order valence-corrected chi connectivity index (χ2v) is 2.75. The minimum absolute atomic E-state index is 0.460. The third-order valence-corrected chi connectivity index (χ3v) is 1.81. The molecule has 0 aromatic heterocycles. The van der Waals surface area contributed by atoms with Gasteiger partial charge in [-0.2, -0.15) is 0 Å². The minimum Gasteiger partial charge on any atom is -0.479 e. The van der Waals surface area contributed by atoms with E-state index in [0.717, 1.165) is 13.1 Å². The van der Waals surface area contributed by atoms with Crippen LogP contribution in [0.4, 0.5) is 0 Å². The van der Waals surface area contributed by atoms with Crippen LogP contribution in [0.2, 0.25) is 0 Å². The van der Waals surface area contributed by atoms with Crippen LogP contribution in [0, 0.1) is 0 Å². The van der Waals surface area contributed by atoms with Gasteiger partial charge < -0.3 is 9.84 Å². The zero-order chi connectivity index (χ0) is 8.97. The van der Waals surface area contributed by atoms with Gasteiger partial charge in [-0.1, -0.05) is 6.08 Å². The molecule has 0 saturated carbocycles. The zero-order valence-corrected chi connectivity index (χ0v) is 6.90. The van der Waals surface area contributed by atoms with Gasteiger partial charge in [-0.25, -0.2) is 4.79 Å². The van der Waals surface area contributed by atoms with Crippen LogP contribution in [0.15, 0.2) is 12.7 Å². The number of rotatable bonds is 3. The number of morpholine rings is 1. The van der Waals surface area contributed by atoms with Crippen LogP contribution < -0.4 is 0 Å². The van der Waals surface area contributed by atoms with Gasteiger partial charge in [0.25, 0.3) is 0 Å². The first kappa shape index (κ1) is 9.22. The van der Waals surface area contributed by atoms with Gasteiger partial charge in [0.2, 0.25) is 0 Å². The summed E-state index contributed by atoms with van der Waals surface area (Å²) >= 11 is 0. The summed E-state index contributed by atoms with van der Waals surface area (Å²) in [6, 6.07) is 0. The average Bonchev–Trinajstić information content (AvgIpc) is 2.05. The van der Waals surface area contributed by atoms with Gasteiger partial charge in [0.05, 0.1) is 6.61 Å². The summed E-state index contributed by atoms with van der Waals surface area (Å²) in [6.45, 7) is 6.06. The topological polar surface area (TPSA) is 49.8 Å². The second kappa shape index (κ2) is 4.23. The maximum atomic E-state index is 10.5. The van der Waals surface area contributed by atoms with Crippen LogP contribution in [-0.4, -0.2) is 48.3 Å². The van der Waals surface area contributed by atoms with Gasteiger partial charge in [0.1, 0.15) is 0 Å². The number of carboxylic acids is 1. The van der Waals surface area contributed by atoms with E-state index in [2.05, 4.69) is 6.58 Å². The third kappa shape index (κ3) is 2.32. The Labute approximate surface area is 71.4 Å². The van der Waals surface area contributed by atoms with Crippen molar-refractivity contribution in [2.45, 2.75) is 6.10 Å². The van der Waals surface area contributed by atoms with Crippen molar-refractivity contribution in [3.63, 3.8) is 0 Å². The number of carbonyl (C=O) groups is 1. The molecule has 0 radical (unpaired) electrons. The van der Waals surface area contributed by atoms with Crippen molar-refractivity contribution in [2.75, 3.05) is 26.2 Å². The van der Waals surface area contributed by atoms with Gasteiger partial charge in [-0.05, 0) is 0 Å². The monoisotopic (exact) mass is 171 g/mol. The van der Waals surface area contributed by atoms with Crippen molar-refractivity contribution in [1.82, 2.24) is 4.90 Å². The molecule has 0 aromatic carbocycles. The minimum atomic E-state index is -0.885. The summed E-state index contributed by atoms with van der Waals surface area (Å²) in [6.07, 6.45) is 1.10. The Morgan fingerprint density at radius 2 is 2.58 bits per heavy atom. The Morgan fingerprint density at radius 1 is 1.83 bits per heavy atom. The van der Waals surface area contributed by atoms with Crippen molar-refractivity contribution in [2.24, 2.45) is 0 Å². The van der Waals surface area contributed by atoms with Crippen LogP contribution in [0.25, 0.3) is 0 Å². The first-order valence-electron chi connectivity index (χ1n) is 3.91. The second-order valence-electron chi connectivity index (χ2n) is 2.75. The van der Waals surface area contributed by atoms with Gasteiger partial charge in [-0.3, -0.25) is 4.90 Å². The zero-order valence-electron chi connectivity index (χ0n) is 6.90. The summed E-state index contributed by atoms with van der Waals surface area (Å²) in [5.74, 6) is -0.885. The highest BCUT2D eigenvalue weighted by atomic mass is 16.5. The largest absolute Gasteiger partial charge is 0.479 e. The Balaban J connectivity index is 2.39. The number of aliphatic carboxylic acids is 1. The van der Waals surface area contributed by atoms with Gasteiger partial charge in [0.15, 0.2) is 6.10 Å². The highest BCUT2D eigenvalue weighted by Crippen LogP contribution is 2.04. The van der Waals surface area contributed by atoms with Crippen molar-refractivity contribution >= 4 is 5.97 Å². The van der Waals surface area contributed by atoms with Gasteiger partial charge in [-0.15, -0.1) is 6.58 Å². The highest BCUT2D eigenvalue weighted by Gasteiger charge is 2.24. The standard InChI is InChI=1S/C8H13NO3/c1-2-3-9-4-5-12-7(6-9)8(10)11/h2,7H,1,3-6H2,(H,10,11)/t7-/m1/s1. The van der Waals surface area contributed by atoms with E-state index in [-0.39, 0.29) is 0 Å². The van der Waals surface area contributed by atoms with E-state index in [0.29, 0.717) is 13.2 Å². The molecule has 1 fully saturated rings. The summed E-state index contributed by atoms with van der Waals surface area (Å²) in [5.41, 5.74) is 0. The lowest BCUT2D eigenvalue weighted by Gasteiger charge is -2.29. The van der Waals surface area contributed by atoms with Gasteiger partial charge >= 0.3 is 5.97 Å².